The molecule has 1 nitrogen and oxygen atoms in total. The molecular formula is C11H8BrFNZn-. The van der Waals surface area contributed by atoms with Gasteiger partial charge in [-0.1, -0.05) is 53.9 Å². The summed E-state index contributed by atoms with van der Waals surface area (Å²) >= 11 is 0. The van der Waals surface area contributed by atoms with E-state index in [2.05, 4.69) is 11.2 Å². The zero-order valence-corrected chi connectivity index (χ0v) is 12.7. The summed E-state index contributed by atoms with van der Waals surface area (Å²) in [5, 5.41) is 0. The van der Waals surface area contributed by atoms with Crippen LogP contribution in [0.2, 0.25) is 0 Å². The van der Waals surface area contributed by atoms with Crippen LogP contribution in [0, 0.1) is 12.0 Å². The first kappa shape index (κ1) is 14.4. The fourth-order valence-electron chi connectivity index (χ4n) is 1.17. The number of benzene rings is 1. The van der Waals surface area contributed by atoms with Crippen LogP contribution < -0.4 is 0 Å². The van der Waals surface area contributed by atoms with Crippen LogP contribution in [0.1, 0.15) is 0 Å². The third kappa shape index (κ3) is 3.47. The maximum Gasteiger partial charge on any atom is 0.0401 e. The van der Waals surface area contributed by atoms with Crippen molar-refractivity contribution in [1.29, 1.82) is 0 Å². The van der Waals surface area contributed by atoms with Crippen molar-refractivity contribution in [1.82, 2.24) is 4.98 Å². The predicted molar refractivity (Wildman–Crippen MR) is 58.8 cm³/mol. The monoisotopic (exact) mass is 316 g/mol. The van der Waals surface area contributed by atoms with Crippen LogP contribution in [0.25, 0.3) is 11.1 Å². The molecule has 0 aliphatic rings. The number of hydrogen-bond acceptors (Lipinski definition) is 1. The maximum atomic E-state index is 13.2. The van der Waals surface area contributed by atoms with E-state index >= 15 is 0 Å². The minimum Gasteiger partial charge on any atom is -0.391 e. The molecule has 0 saturated heterocycles. The van der Waals surface area contributed by atoms with Crippen molar-refractivity contribution in [3.8, 4) is 11.1 Å². The third-order valence-corrected chi connectivity index (χ3v) is 1.80. The van der Waals surface area contributed by atoms with Crippen molar-refractivity contribution in [2.45, 2.75) is 0 Å². The summed E-state index contributed by atoms with van der Waals surface area (Å²) in [4.78, 5) is 3.57. The van der Waals surface area contributed by atoms with Crippen LogP contribution in [-0.2, 0) is 19.5 Å². The van der Waals surface area contributed by atoms with Crippen LogP contribution in [0.15, 0.2) is 42.6 Å². The molecule has 0 bridgehead atoms. The van der Waals surface area contributed by atoms with Crippen molar-refractivity contribution in [3.05, 3.63) is 54.6 Å². The smallest absolute Gasteiger partial charge is 0.0401 e. The molecule has 0 radical (unpaired) electrons. The van der Waals surface area contributed by atoms with E-state index in [-0.39, 0.29) is 42.3 Å². The van der Waals surface area contributed by atoms with Gasteiger partial charge in [-0.3, -0.25) is 0 Å². The van der Waals surface area contributed by atoms with Gasteiger partial charge >= 0.3 is 0 Å². The van der Waals surface area contributed by atoms with E-state index in [4.69, 9.17) is 0 Å². The van der Waals surface area contributed by atoms with Gasteiger partial charge in [0.15, 0.2) is 0 Å². The second kappa shape index (κ2) is 6.81. The van der Waals surface area contributed by atoms with Crippen LogP contribution in [-0.4, -0.2) is 4.98 Å². The molecule has 1 aromatic heterocycles. The van der Waals surface area contributed by atoms with Crippen molar-refractivity contribution >= 4 is 17.0 Å². The standard InChI is InChI=1S/C11H7FN.BrH.Zn/c12-11-8-13-7-6-10(11)9-4-2-1-3-5-9;;/h1-6,8H;1H;/q-1;;. The zero-order chi connectivity index (χ0) is 9.10. The Labute approximate surface area is 111 Å². The van der Waals surface area contributed by atoms with Gasteiger partial charge in [-0.25, -0.2) is 4.39 Å². The largest absolute Gasteiger partial charge is 0.391 e. The Kier molecular flexibility index (Phi) is 6.54. The number of hydrogen-bond donors (Lipinski definition) is 0. The van der Waals surface area contributed by atoms with Gasteiger partial charge in [0.05, 0.1) is 0 Å². The second-order valence-corrected chi connectivity index (χ2v) is 2.66. The molecule has 0 N–H and O–H groups in total. The fourth-order valence-corrected chi connectivity index (χ4v) is 1.17. The topological polar surface area (TPSA) is 12.9 Å². The van der Waals surface area contributed by atoms with Gasteiger partial charge in [-0.2, -0.15) is 0 Å². The van der Waals surface area contributed by atoms with Gasteiger partial charge in [0, 0.05) is 25.3 Å². The molecule has 0 aliphatic carbocycles. The number of nitrogens with zero attached hydrogens (tertiary/aromatic N) is 1. The Bertz CT molecular complexity index is 408. The Hall–Kier alpha value is -0.597. The second-order valence-electron chi connectivity index (χ2n) is 2.66. The van der Waals surface area contributed by atoms with E-state index < -0.39 is 0 Å². The molecule has 74 valence electrons. The minimum absolute atomic E-state index is 0. The molecular weight excluding hydrogens is 310 g/mol. The predicted octanol–water partition coefficient (Wildman–Crippen LogP) is 3.26. The third-order valence-electron chi connectivity index (χ3n) is 1.80. The molecule has 0 spiro atoms. The first-order valence-electron chi connectivity index (χ1n) is 3.95. The summed E-state index contributed by atoms with van der Waals surface area (Å²) in [5.74, 6) is -0.315. The van der Waals surface area contributed by atoms with E-state index in [0.717, 1.165) is 5.56 Å². The van der Waals surface area contributed by atoms with E-state index in [1.54, 1.807) is 6.07 Å². The number of rotatable bonds is 1. The molecule has 0 fully saturated rings. The van der Waals surface area contributed by atoms with Crippen LogP contribution in [0.5, 0.6) is 0 Å². The van der Waals surface area contributed by atoms with Crippen LogP contribution >= 0.6 is 17.0 Å². The summed E-state index contributed by atoms with van der Waals surface area (Å²) in [7, 11) is 0. The molecule has 0 amide bonds. The summed E-state index contributed by atoms with van der Waals surface area (Å²) in [6.07, 6.45) is 3.78. The molecule has 0 aliphatic heterocycles. The number of pyridine rings is 1. The van der Waals surface area contributed by atoms with Gasteiger partial charge in [0.2, 0.25) is 0 Å². The average molecular weight is 318 g/mol. The molecule has 1 heterocycles. The molecule has 0 unspecified atom stereocenters. The van der Waals surface area contributed by atoms with Crippen molar-refractivity contribution < 1.29 is 23.9 Å². The van der Waals surface area contributed by atoms with Crippen LogP contribution in [0.3, 0.4) is 0 Å². The summed E-state index contributed by atoms with van der Waals surface area (Å²) in [6, 6.07) is 10.9. The Morgan fingerprint density at radius 2 is 1.80 bits per heavy atom. The van der Waals surface area contributed by atoms with Crippen LogP contribution in [0.4, 0.5) is 4.39 Å². The minimum atomic E-state index is -0.315. The molecule has 0 atom stereocenters. The summed E-state index contributed by atoms with van der Waals surface area (Å²) in [6.45, 7) is 0. The van der Waals surface area contributed by atoms with Gasteiger partial charge in [-0.15, -0.1) is 23.0 Å². The molecule has 4 heteroatoms. The molecule has 1 aromatic carbocycles. The van der Waals surface area contributed by atoms with Gasteiger partial charge in [0.25, 0.3) is 0 Å². The fraction of sp³-hybridized carbons (Fsp3) is 0. The van der Waals surface area contributed by atoms with E-state index in [1.165, 1.54) is 6.20 Å². The molecule has 0 saturated carbocycles. The van der Waals surface area contributed by atoms with E-state index in [9.17, 15) is 4.39 Å². The quantitative estimate of drug-likeness (QED) is 0.581. The Morgan fingerprint density at radius 3 is 2.40 bits per heavy atom. The zero-order valence-electron chi connectivity index (χ0n) is 7.98. The molecule has 15 heavy (non-hydrogen) atoms. The van der Waals surface area contributed by atoms with Gasteiger partial charge in [-0.05, 0) is 0 Å². The van der Waals surface area contributed by atoms with E-state index in [1.807, 2.05) is 30.3 Å². The first-order chi connectivity index (χ1) is 6.38. The maximum absolute atomic E-state index is 13.2. The van der Waals surface area contributed by atoms with Crippen molar-refractivity contribution in [2.75, 3.05) is 0 Å². The van der Waals surface area contributed by atoms with Crippen molar-refractivity contribution in [2.24, 2.45) is 0 Å². The Balaban J connectivity index is 0.000000980. The van der Waals surface area contributed by atoms with Gasteiger partial charge < -0.3 is 4.98 Å². The van der Waals surface area contributed by atoms with Crippen molar-refractivity contribution in [3.63, 3.8) is 0 Å². The molecule has 2 rings (SSSR count). The van der Waals surface area contributed by atoms with E-state index in [0.29, 0.717) is 5.56 Å². The average Bonchev–Trinajstić information content (AvgIpc) is 2.20. The first-order valence-corrected chi connectivity index (χ1v) is 3.95. The normalized spacial score (nSPS) is 8.60. The molecule has 2 aromatic rings. The Morgan fingerprint density at radius 1 is 1.13 bits per heavy atom. The summed E-state index contributed by atoms with van der Waals surface area (Å²) < 4.78 is 13.2. The SMILES string of the molecule is Br.Fc1cn[c-]cc1-c1ccccc1.[Zn]. The number of aromatic nitrogens is 1. The number of halogens is 2. The van der Waals surface area contributed by atoms with Gasteiger partial charge in [0.1, 0.15) is 0 Å². The summed E-state index contributed by atoms with van der Waals surface area (Å²) in [5.41, 5.74) is 1.38.